The highest BCUT2D eigenvalue weighted by atomic mass is 79.9. The van der Waals surface area contributed by atoms with E-state index in [4.69, 9.17) is 23.2 Å². The van der Waals surface area contributed by atoms with Gasteiger partial charge in [0.05, 0.1) is 0 Å². The molecule has 1 unspecified atom stereocenters. The summed E-state index contributed by atoms with van der Waals surface area (Å²) in [6, 6.07) is 9.15. The van der Waals surface area contributed by atoms with E-state index in [2.05, 4.69) is 15.9 Å². The van der Waals surface area contributed by atoms with E-state index in [1.807, 2.05) is 0 Å². The average Bonchev–Trinajstić information content (AvgIpc) is 3.20. The summed E-state index contributed by atoms with van der Waals surface area (Å²) in [5, 5.41) is 1.67. The minimum absolute atomic E-state index is 0.00148. The molecule has 0 radical (unpaired) electrons. The molecular weight excluding hydrogens is 614 g/mol. The summed E-state index contributed by atoms with van der Waals surface area (Å²) in [6.45, 7) is 4.35. The molecule has 0 saturated carbocycles. The summed E-state index contributed by atoms with van der Waals surface area (Å²) in [7, 11) is -3.42. The normalized spacial score (nSPS) is 19.0. The fraction of sp³-hybridized carbons (Fsp3) is 0.364. The molecule has 0 spiro atoms. The van der Waals surface area contributed by atoms with Crippen LogP contribution >= 0.6 is 62.7 Å². The van der Waals surface area contributed by atoms with Crippen LogP contribution in [0.1, 0.15) is 31.4 Å². The molecule has 0 N–H and O–H groups in total. The van der Waals surface area contributed by atoms with E-state index < -0.39 is 20.9 Å². The molecule has 12 heteroatoms. The molecule has 0 aliphatic carbocycles. The number of alkyl halides is 3. The summed E-state index contributed by atoms with van der Waals surface area (Å²) < 4.78 is 67.7. The average molecular weight is 635 g/mol. The Morgan fingerprint density at radius 2 is 1.74 bits per heavy atom. The molecule has 1 atom stereocenters. The number of nitrogens with zero attached hydrogens (tertiary/aromatic N) is 1. The summed E-state index contributed by atoms with van der Waals surface area (Å²) in [6.07, 6.45) is -4.83. The van der Waals surface area contributed by atoms with Gasteiger partial charge in [0.15, 0.2) is 0 Å². The third kappa shape index (κ3) is 5.95. The van der Waals surface area contributed by atoms with Crippen LogP contribution in [0, 0.1) is 0 Å². The number of halogens is 6. The third-order valence-electron chi connectivity index (χ3n) is 5.39. The first-order valence-corrected chi connectivity index (χ1v) is 15.2. The number of rotatable bonds is 8. The van der Waals surface area contributed by atoms with Crippen molar-refractivity contribution >= 4 is 78.3 Å². The maximum absolute atomic E-state index is 14.3. The van der Waals surface area contributed by atoms with Crippen molar-refractivity contribution in [2.45, 2.75) is 36.1 Å². The smallest absolute Gasteiger partial charge is 0.211 e. The highest BCUT2D eigenvalue weighted by Gasteiger charge is 2.58. The molecule has 0 saturated heterocycles. The van der Waals surface area contributed by atoms with Crippen molar-refractivity contribution in [1.82, 2.24) is 4.31 Å². The van der Waals surface area contributed by atoms with Crippen LogP contribution in [0.25, 0.3) is 5.57 Å². The van der Waals surface area contributed by atoms with Crippen molar-refractivity contribution in [3.8, 4) is 0 Å². The molecule has 1 heterocycles. The Morgan fingerprint density at radius 3 is 2.26 bits per heavy atom. The zero-order chi connectivity index (χ0) is 25.3. The van der Waals surface area contributed by atoms with Gasteiger partial charge < -0.3 is 0 Å². The second kappa shape index (κ2) is 10.9. The molecule has 2 aromatic carbocycles. The molecule has 186 valence electrons. The van der Waals surface area contributed by atoms with Gasteiger partial charge in [0.2, 0.25) is 10.0 Å². The topological polar surface area (TPSA) is 37.4 Å². The van der Waals surface area contributed by atoms with Gasteiger partial charge in [0, 0.05) is 38.9 Å². The summed E-state index contributed by atoms with van der Waals surface area (Å²) >= 11 is 17.3. The SMILES string of the molecule is CCN(CC)S(=O)(=O)CSc1ccc(C2=CSC(c3cc(Cl)cc(Cl)c3)(C(F)(F)F)C2)cc1Br. The van der Waals surface area contributed by atoms with Crippen molar-refractivity contribution in [1.29, 1.82) is 0 Å². The van der Waals surface area contributed by atoms with Crippen molar-refractivity contribution in [3.63, 3.8) is 0 Å². The Labute approximate surface area is 224 Å². The number of benzene rings is 2. The second-order valence-electron chi connectivity index (χ2n) is 7.52. The standard InChI is InChI=1S/C22H21BrCl2F3NO2S3/c1-3-29(4-2)34(30,31)13-32-20-6-5-14(7-19(20)23)15-11-21(33-12-15,22(26,27)28)16-8-17(24)10-18(25)9-16/h5-10,12H,3-4,11,13H2,1-2H3. The quantitative estimate of drug-likeness (QED) is 0.273. The van der Waals surface area contributed by atoms with Gasteiger partial charge in [-0.1, -0.05) is 43.1 Å². The van der Waals surface area contributed by atoms with Crippen LogP contribution in [0.15, 0.2) is 51.2 Å². The maximum atomic E-state index is 14.3. The largest absolute Gasteiger partial charge is 0.407 e. The van der Waals surface area contributed by atoms with Gasteiger partial charge in [-0.25, -0.2) is 12.7 Å². The number of hydrogen-bond acceptors (Lipinski definition) is 4. The first-order valence-electron chi connectivity index (χ1n) is 10.1. The number of thioether (sulfide) groups is 2. The molecule has 3 rings (SSSR count). The van der Waals surface area contributed by atoms with Crippen molar-refractivity contribution < 1.29 is 21.6 Å². The van der Waals surface area contributed by atoms with Gasteiger partial charge >= 0.3 is 6.18 Å². The summed E-state index contributed by atoms with van der Waals surface area (Å²) in [5.41, 5.74) is 1.14. The van der Waals surface area contributed by atoms with Gasteiger partial charge in [-0.05, 0) is 68.4 Å². The summed E-state index contributed by atoms with van der Waals surface area (Å²) in [5.74, 6) is 0. The Hall–Kier alpha value is -0.360. The first kappa shape index (κ1) is 28.2. The van der Waals surface area contributed by atoms with Crippen molar-refractivity contribution in [3.05, 3.63) is 67.5 Å². The Morgan fingerprint density at radius 1 is 1.12 bits per heavy atom. The highest BCUT2D eigenvalue weighted by Crippen LogP contribution is 2.60. The van der Waals surface area contributed by atoms with Crippen LogP contribution in [0.4, 0.5) is 13.2 Å². The lowest BCUT2D eigenvalue weighted by Gasteiger charge is -2.32. The molecule has 1 aliphatic heterocycles. The van der Waals surface area contributed by atoms with Crippen LogP contribution in [-0.4, -0.2) is 37.1 Å². The maximum Gasteiger partial charge on any atom is 0.407 e. The Kier molecular flexibility index (Phi) is 9.08. The Bertz CT molecular complexity index is 1180. The molecule has 2 aromatic rings. The Balaban J connectivity index is 1.84. The predicted octanol–water partition coefficient (Wildman–Crippen LogP) is 8.41. The first-order chi connectivity index (χ1) is 15.8. The highest BCUT2D eigenvalue weighted by molar-refractivity contribution is 9.10. The van der Waals surface area contributed by atoms with E-state index >= 15 is 0 Å². The van der Waals surface area contributed by atoms with E-state index in [9.17, 15) is 21.6 Å². The zero-order valence-electron chi connectivity index (χ0n) is 18.1. The van der Waals surface area contributed by atoms with Crippen LogP contribution in [0.3, 0.4) is 0 Å². The summed E-state index contributed by atoms with van der Waals surface area (Å²) in [4.78, 5) is 0.689. The van der Waals surface area contributed by atoms with Gasteiger partial charge in [0.25, 0.3) is 0 Å². The second-order valence-corrected chi connectivity index (χ2v) is 13.8. The van der Waals surface area contributed by atoms with Gasteiger partial charge in [-0.15, -0.1) is 23.5 Å². The number of allylic oxidation sites excluding steroid dienone is 1. The molecule has 0 fully saturated rings. The number of hydrogen-bond donors (Lipinski definition) is 0. The zero-order valence-corrected chi connectivity index (χ0v) is 23.7. The molecule has 3 nitrogen and oxygen atoms in total. The lowest BCUT2D eigenvalue weighted by molar-refractivity contribution is -0.160. The lowest BCUT2D eigenvalue weighted by Crippen LogP contribution is -2.37. The molecular formula is C22H21BrCl2F3NO2S3. The molecule has 34 heavy (non-hydrogen) atoms. The predicted molar refractivity (Wildman–Crippen MR) is 141 cm³/mol. The molecule has 0 bridgehead atoms. The van der Waals surface area contributed by atoms with Crippen molar-refractivity contribution in [2.75, 3.05) is 18.2 Å². The van der Waals surface area contributed by atoms with Crippen LogP contribution in [0.5, 0.6) is 0 Å². The van der Waals surface area contributed by atoms with E-state index in [1.165, 1.54) is 27.9 Å². The van der Waals surface area contributed by atoms with Gasteiger partial charge in [-0.2, -0.15) is 13.2 Å². The van der Waals surface area contributed by atoms with E-state index in [0.717, 1.165) is 11.8 Å². The van der Waals surface area contributed by atoms with Gasteiger partial charge in [0.1, 0.15) is 9.83 Å². The minimum Gasteiger partial charge on any atom is -0.211 e. The van der Waals surface area contributed by atoms with Gasteiger partial charge in [-0.3, -0.25) is 0 Å². The number of sulfonamides is 1. The van der Waals surface area contributed by atoms with E-state index in [0.29, 0.717) is 45.4 Å². The molecule has 0 amide bonds. The van der Waals surface area contributed by atoms with E-state index in [1.54, 1.807) is 32.0 Å². The van der Waals surface area contributed by atoms with Crippen LogP contribution in [0.2, 0.25) is 10.0 Å². The van der Waals surface area contributed by atoms with E-state index in [-0.39, 0.29) is 27.1 Å². The minimum atomic E-state index is -4.55. The van der Waals surface area contributed by atoms with Crippen LogP contribution in [-0.2, 0) is 14.8 Å². The molecule has 1 aliphatic rings. The van der Waals surface area contributed by atoms with Crippen LogP contribution < -0.4 is 0 Å². The fourth-order valence-electron chi connectivity index (χ4n) is 3.63. The molecule has 0 aromatic heterocycles. The lowest BCUT2D eigenvalue weighted by atomic mass is 9.88. The van der Waals surface area contributed by atoms with Crippen molar-refractivity contribution in [2.24, 2.45) is 0 Å². The fourth-order valence-corrected chi connectivity index (χ4v) is 8.91. The monoisotopic (exact) mass is 633 g/mol. The third-order valence-corrected chi connectivity index (χ3v) is 11.8.